The molecule has 0 aliphatic carbocycles. The molecule has 13 nitrogen and oxygen atoms in total. The van der Waals surface area contributed by atoms with Gasteiger partial charge in [0.05, 0.1) is 45.8 Å². The molecule has 3 aliphatic heterocycles. The molecule has 0 aromatic heterocycles. The molecule has 2 aromatic rings. The highest BCUT2D eigenvalue weighted by atomic mass is 35.5. The maximum absolute atomic E-state index is 14.0. The van der Waals surface area contributed by atoms with Crippen molar-refractivity contribution in [3.8, 4) is 0 Å². The number of ether oxygens (including phenoxy) is 4. The van der Waals surface area contributed by atoms with Gasteiger partial charge < -0.3 is 29.0 Å². The molecule has 2 amide bonds. The first-order chi connectivity index (χ1) is 24.0. The van der Waals surface area contributed by atoms with E-state index in [1.165, 1.54) is 37.1 Å². The number of carbonyl (C=O) groups is 3. The summed E-state index contributed by atoms with van der Waals surface area (Å²) in [7, 11) is 3.06. The number of aryl methyl sites for hydroxylation is 1. The summed E-state index contributed by atoms with van der Waals surface area (Å²) in [5, 5.41) is 26.3. The Hall–Kier alpha value is -4.30. The molecule has 2 saturated heterocycles. The summed E-state index contributed by atoms with van der Waals surface area (Å²) in [5.41, 5.74) is 0.520. The van der Waals surface area contributed by atoms with E-state index in [4.69, 9.17) is 30.5 Å². The Kier molecular flexibility index (Phi) is 11.0. The molecule has 2 N–H and O–H groups in total. The molecule has 2 fully saturated rings. The maximum Gasteiger partial charge on any atom is 0.412 e. The van der Waals surface area contributed by atoms with Crippen molar-refractivity contribution in [1.82, 2.24) is 0 Å². The number of nitrogens with zero attached hydrogens (tertiary/aromatic N) is 2. The Balaban J connectivity index is 1.53. The predicted octanol–water partition coefficient (Wildman–Crippen LogP) is 6.14. The van der Waals surface area contributed by atoms with Gasteiger partial charge in [-0.2, -0.15) is 0 Å². The van der Waals surface area contributed by atoms with Crippen LogP contribution in [-0.2, 0) is 35.0 Å². The first kappa shape index (κ1) is 37.9. The van der Waals surface area contributed by atoms with E-state index in [0.717, 1.165) is 16.7 Å². The molecular formula is C37H44ClN3O10. The summed E-state index contributed by atoms with van der Waals surface area (Å²) >= 11 is 6.74. The van der Waals surface area contributed by atoms with Crippen LogP contribution in [-0.4, -0.2) is 77.8 Å². The number of esters is 1. The number of nitro benzene ring substituents is 1. The summed E-state index contributed by atoms with van der Waals surface area (Å²) < 4.78 is 23.5. The van der Waals surface area contributed by atoms with E-state index in [1.54, 1.807) is 33.0 Å². The largest absolute Gasteiger partial charge is 0.462 e. The molecule has 5 rings (SSSR count). The SMILES string of the molecule is CO[C@@H]1/C=C/C=C(\C)Cc2cc(C)c(Cl)c(c2)N(C)C(=O)C[C@H](OC(=O)Nc2cccc([N+](=O)[O-])c2C)[C@]2(C)O[C@H]2[C@H](C)[C@@H]2C[C@@]1(O)CC(=O)O2. The number of carbonyl (C=O) groups excluding carboxylic acids is 3. The van der Waals surface area contributed by atoms with Crippen LogP contribution in [0, 0.1) is 29.9 Å². The summed E-state index contributed by atoms with van der Waals surface area (Å²) in [6.07, 6.45) is 0.980. The number of aliphatic hydroxyl groups is 1. The fourth-order valence-corrected chi connectivity index (χ4v) is 7.36. The molecule has 0 spiro atoms. The average molecular weight is 726 g/mol. The Labute approximate surface area is 301 Å². The Morgan fingerprint density at radius 2 is 1.94 bits per heavy atom. The van der Waals surface area contributed by atoms with E-state index >= 15 is 0 Å². The van der Waals surface area contributed by atoms with Crippen molar-refractivity contribution in [3.63, 3.8) is 0 Å². The van der Waals surface area contributed by atoms with Gasteiger partial charge in [0.25, 0.3) is 5.69 Å². The average Bonchev–Trinajstić information content (AvgIpc) is 3.75. The number of hydrogen-bond donors (Lipinski definition) is 2. The molecule has 0 radical (unpaired) electrons. The van der Waals surface area contributed by atoms with Gasteiger partial charge in [-0.3, -0.25) is 25.0 Å². The van der Waals surface area contributed by atoms with Crippen LogP contribution in [0.25, 0.3) is 0 Å². The number of nitrogens with one attached hydrogen (secondary N) is 1. The minimum atomic E-state index is -1.58. The van der Waals surface area contributed by atoms with Gasteiger partial charge in [0, 0.05) is 32.6 Å². The van der Waals surface area contributed by atoms with Crippen molar-refractivity contribution < 1.29 is 43.4 Å². The number of fused-ring (bicyclic) bond motifs is 5. The zero-order valence-corrected chi connectivity index (χ0v) is 30.5. The van der Waals surface area contributed by atoms with Crippen LogP contribution in [0.15, 0.2) is 54.1 Å². The minimum absolute atomic E-state index is 0.0464. The van der Waals surface area contributed by atoms with E-state index in [1.807, 2.05) is 32.1 Å². The molecule has 3 aliphatic rings. The molecule has 7 atom stereocenters. The van der Waals surface area contributed by atoms with Crippen molar-refractivity contribution in [3.05, 3.63) is 86.0 Å². The number of amides is 2. The zero-order chi connectivity index (χ0) is 37.4. The van der Waals surface area contributed by atoms with Crippen molar-refractivity contribution in [2.75, 3.05) is 24.4 Å². The number of allylic oxidation sites excluding steroid dienone is 3. The molecule has 0 unspecified atom stereocenters. The zero-order valence-electron chi connectivity index (χ0n) is 29.7. The summed E-state index contributed by atoms with van der Waals surface area (Å²) in [6, 6.07) is 8.05. The van der Waals surface area contributed by atoms with Crippen molar-refractivity contribution in [2.45, 2.75) is 95.9 Å². The monoisotopic (exact) mass is 725 g/mol. The van der Waals surface area contributed by atoms with Gasteiger partial charge >= 0.3 is 12.1 Å². The molecule has 274 valence electrons. The standard InChI is InChI=1S/C37H44ClN3O10/c1-20-10-8-13-29(48-7)37(45)18-28(49-32(43)19-37)23(4)34-36(5,51-34)30(50-35(44)39-25-11-9-12-26(22(25)3)41(46)47)17-31(42)40(6)27-16-24(14-20)15-21(2)33(27)38/h8-13,15-16,23,28-30,34,45H,14,17-19H2,1-7H3,(H,39,44)/b13-8+,20-10+/t23-,28+,29-,30+,34+,36+,37-/m1/s1. The normalized spacial score (nSPS) is 31.4. The van der Waals surface area contributed by atoms with Gasteiger partial charge in [0.2, 0.25) is 5.91 Å². The highest BCUT2D eigenvalue weighted by Gasteiger charge is 2.64. The number of hydrogen-bond acceptors (Lipinski definition) is 10. The molecule has 3 heterocycles. The Bertz CT molecular complexity index is 1800. The van der Waals surface area contributed by atoms with Crippen molar-refractivity contribution in [2.24, 2.45) is 5.92 Å². The highest BCUT2D eigenvalue weighted by molar-refractivity contribution is 6.34. The van der Waals surface area contributed by atoms with E-state index in [0.29, 0.717) is 17.1 Å². The fourth-order valence-electron chi connectivity index (χ4n) is 7.12. The van der Waals surface area contributed by atoms with Gasteiger partial charge in [0.15, 0.2) is 0 Å². The second-order valence-electron chi connectivity index (χ2n) is 14.0. The van der Waals surface area contributed by atoms with Crippen LogP contribution in [0.2, 0.25) is 5.02 Å². The van der Waals surface area contributed by atoms with Gasteiger partial charge in [-0.15, -0.1) is 0 Å². The predicted molar refractivity (Wildman–Crippen MR) is 190 cm³/mol. The topological polar surface area (TPSA) is 170 Å². The first-order valence-electron chi connectivity index (χ1n) is 16.7. The van der Waals surface area contributed by atoms with Gasteiger partial charge in [0.1, 0.15) is 29.5 Å². The van der Waals surface area contributed by atoms with Crippen molar-refractivity contribution >= 4 is 46.6 Å². The lowest BCUT2D eigenvalue weighted by molar-refractivity contribution is -0.385. The van der Waals surface area contributed by atoms with Gasteiger partial charge in [-0.1, -0.05) is 54.5 Å². The quantitative estimate of drug-likeness (QED) is 0.162. The third-order valence-corrected chi connectivity index (χ3v) is 10.7. The molecule has 14 heteroatoms. The number of nitro groups is 1. The fraction of sp³-hybridized carbons (Fsp3) is 0.486. The first-order valence-corrected chi connectivity index (χ1v) is 17.1. The van der Waals surface area contributed by atoms with E-state index in [-0.39, 0.29) is 36.2 Å². The lowest BCUT2D eigenvalue weighted by atomic mass is 9.78. The lowest BCUT2D eigenvalue weighted by Crippen LogP contribution is -2.53. The minimum Gasteiger partial charge on any atom is -0.462 e. The van der Waals surface area contributed by atoms with Crippen LogP contribution < -0.4 is 10.2 Å². The summed E-state index contributed by atoms with van der Waals surface area (Å²) in [5.74, 6) is -1.53. The van der Waals surface area contributed by atoms with E-state index in [9.17, 15) is 29.6 Å². The number of epoxide rings is 1. The number of methoxy groups -OCH3 is 1. The highest BCUT2D eigenvalue weighted by Crippen LogP contribution is 2.49. The number of halogens is 1. The van der Waals surface area contributed by atoms with Gasteiger partial charge in [-0.25, -0.2) is 4.79 Å². The third-order valence-electron chi connectivity index (χ3n) is 10.2. The van der Waals surface area contributed by atoms with E-state index in [2.05, 4.69) is 5.32 Å². The van der Waals surface area contributed by atoms with Crippen LogP contribution in [0.3, 0.4) is 0 Å². The summed E-state index contributed by atoms with van der Waals surface area (Å²) in [4.78, 5) is 52.7. The Morgan fingerprint density at radius 3 is 2.63 bits per heavy atom. The molecule has 0 saturated carbocycles. The second-order valence-corrected chi connectivity index (χ2v) is 14.3. The molecule has 2 aromatic carbocycles. The van der Waals surface area contributed by atoms with Crippen LogP contribution in [0.1, 0.15) is 56.7 Å². The lowest BCUT2D eigenvalue weighted by Gasteiger charge is -2.41. The van der Waals surface area contributed by atoms with E-state index < -0.39 is 64.4 Å². The number of rotatable bonds is 4. The molecular weight excluding hydrogens is 682 g/mol. The smallest absolute Gasteiger partial charge is 0.412 e. The maximum atomic E-state index is 14.0. The molecule has 4 bridgehead atoms. The third kappa shape index (κ3) is 7.96. The summed E-state index contributed by atoms with van der Waals surface area (Å²) in [6.45, 7) is 8.81. The number of anilines is 2. The van der Waals surface area contributed by atoms with Gasteiger partial charge in [-0.05, 0) is 57.4 Å². The second kappa shape index (κ2) is 14.7. The van der Waals surface area contributed by atoms with Crippen LogP contribution in [0.5, 0.6) is 0 Å². The Morgan fingerprint density at radius 1 is 1.22 bits per heavy atom. The van der Waals surface area contributed by atoms with Crippen LogP contribution >= 0.6 is 11.6 Å². The number of benzene rings is 2. The van der Waals surface area contributed by atoms with Crippen LogP contribution in [0.4, 0.5) is 21.9 Å². The molecule has 51 heavy (non-hydrogen) atoms. The van der Waals surface area contributed by atoms with Crippen molar-refractivity contribution in [1.29, 1.82) is 0 Å².